The maximum Gasteiger partial charge on any atom is 0.253 e. The van der Waals surface area contributed by atoms with Crippen LogP contribution in [-0.2, 0) is 4.74 Å². The molecule has 1 fully saturated rings. The zero-order valence-electron chi connectivity index (χ0n) is 13.3. The van der Waals surface area contributed by atoms with Gasteiger partial charge < -0.3 is 15.4 Å². The van der Waals surface area contributed by atoms with Crippen molar-refractivity contribution in [2.24, 2.45) is 5.73 Å². The Kier molecular flexibility index (Phi) is 5.15. The Balaban J connectivity index is 2.03. The molecule has 1 aliphatic rings. The van der Waals surface area contributed by atoms with Crippen molar-refractivity contribution in [3.05, 3.63) is 35.4 Å². The van der Waals surface area contributed by atoms with Crippen LogP contribution in [0.15, 0.2) is 24.3 Å². The number of hydrogen-bond acceptors (Lipinski definition) is 4. The highest BCUT2D eigenvalue weighted by Gasteiger charge is 2.31. The first-order valence-electron chi connectivity index (χ1n) is 7.30. The summed E-state index contributed by atoms with van der Waals surface area (Å²) in [5, 5.41) is 0. The second-order valence-electron chi connectivity index (χ2n) is 5.82. The molecule has 1 aromatic carbocycles. The monoisotopic (exact) mass is 305 g/mol. The van der Waals surface area contributed by atoms with E-state index in [1.165, 1.54) is 6.07 Å². The molecule has 120 valence electrons. The van der Waals surface area contributed by atoms with E-state index >= 15 is 0 Å². The van der Waals surface area contributed by atoms with E-state index in [9.17, 15) is 9.59 Å². The van der Waals surface area contributed by atoms with Gasteiger partial charge in [0, 0.05) is 44.4 Å². The maximum absolute atomic E-state index is 12.5. The van der Waals surface area contributed by atoms with Gasteiger partial charge in [0.1, 0.15) is 0 Å². The number of ether oxygens (including phenoxy) is 1. The van der Waals surface area contributed by atoms with Crippen LogP contribution in [0.2, 0.25) is 0 Å². The molecule has 1 heterocycles. The molecule has 1 aliphatic heterocycles. The molecular formula is C16H23N3O3. The molecule has 1 saturated heterocycles. The van der Waals surface area contributed by atoms with Crippen LogP contribution < -0.4 is 5.73 Å². The van der Waals surface area contributed by atoms with Gasteiger partial charge in [0.15, 0.2) is 0 Å². The predicted molar refractivity (Wildman–Crippen MR) is 83.8 cm³/mol. The van der Waals surface area contributed by atoms with E-state index in [1.54, 1.807) is 37.3 Å². The zero-order valence-corrected chi connectivity index (χ0v) is 13.3. The lowest BCUT2D eigenvalue weighted by atomic mass is 10.1. The molecule has 2 amide bonds. The summed E-state index contributed by atoms with van der Waals surface area (Å²) in [4.78, 5) is 27.6. The van der Waals surface area contributed by atoms with Crippen molar-refractivity contribution in [2.45, 2.75) is 18.6 Å². The van der Waals surface area contributed by atoms with Gasteiger partial charge in [-0.15, -0.1) is 0 Å². The summed E-state index contributed by atoms with van der Waals surface area (Å²) >= 11 is 0. The number of methoxy groups -OCH3 is 1. The van der Waals surface area contributed by atoms with Gasteiger partial charge in [-0.05, 0) is 31.7 Å². The second kappa shape index (κ2) is 6.89. The molecule has 2 rings (SSSR count). The summed E-state index contributed by atoms with van der Waals surface area (Å²) in [6.45, 7) is 1.50. The Bertz CT molecular complexity index is 561. The Morgan fingerprint density at radius 3 is 2.68 bits per heavy atom. The average molecular weight is 305 g/mol. The zero-order chi connectivity index (χ0) is 16.3. The van der Waals surface area contributed by atoms with Gasteiger partial charge in [-0.3, -0.25) is 14.5 Å². The number of hydrogen-bond donors (Lipinski definition) is 1. The van der Waals surface area contributed by atoms with Gasteiger partial charge in [0.05, 0.1) is 6.10 Å². The minimum absolute atomic E-state index is 0.114. The Labute approximate surface area is 130 Å². The van der Waals surface area contributed by atoms with E-state index in [0.29, 0.717) is 17.7 Å². The molecule has 0 aromatic heterocycles. The number of carbonyl (C=O) groups excluding carboxylic acids is 2. The summed E-state index contributed by atoms with van der Waals surface area (Å²) in [5.74, 6) is -0.645. The van der Waals surface area contributed by atoms with Crippen molar-refractivity contribution in [1.29, 1.82) is 0 Å². The number of likely N-dealkylation sites (tertiary alicyclic amines) is 1. The minimum atomic E-state index is -0.532. The van der Waals surface area contributed by atoms with E-state index in [1.807, 2.05) is 7.05 Å². The topological polar surface area (TPSA) is 75.9 Å². The highest BCUT2D eigenvalue weighted by Crippen LogP contribution is 2.19. The Hall–Kier alpha value is -1.92. The molecule has 22 heavy (non-hydrogen) atoms. The fourth-order valence-electron chi connectivity index (χ4n) is 2.84. The van der Waals surface area contributed by atoms with Crippen LogP contribution in [0.4, 0.5) is 0 Å². The number of carbonyl (C=O) groups is 2. The standard InChI is InChI=1S/C16H23N3O3/c1-18-10-14(22-3)8-13(18)9-19(2)16(21)12-6-4-5-11(7-12)15(17)20/h4-7,13-14H,8-10H2,1-3H3,(H2,17,20)/t13-,14-/m0/s1. The van der Waals surface area contributed by atoms with Crippen LogP contribution in [0.1, 0.15) is 27.1 Å². The van der Waals surface area contributed by atoms with Crippen molar-refractivity contribution >= 4 is 11.8 Å². The first-order valence-corrected chi connectivity index (χ1v) is 7.30. The van der Waals surface area contributed by atoms with E-state index in [2.05, 4.69) is 4.90 Å². The smallest absolute Gasteiger partial charge is 0.253 e. The number of primary amides is 1. The van der Waals surface area contributed by atoms with Gasteiger partial charge in [-0.2, -0.15) is 0 Å². The highest BCUT2D eigenvalue weighted by molar-refractivity contribution is 5.99. The van der Waals surface area contributed by atoms with Crippen LogP contribution in [0.3, 0.4) is 0 Å². The SMILES string of the molecule is CO[C@H]1C[C@@H](CN(C)C(=O)c2cccc(C(N)=O)c2)N(C)C1. The lowest BCUT2D eigenvalue weighted by Crippen LogP contribution is -2.39. The first kappa shape index (κ1) is 16.5. The van der Waals surface area contributed by atoms with Crippen LogP contribution >= 0.6 is 0 Å². The number of nitrogens with two attached hydrogens (primary N) is 1. The van der Waals surface area contributed by atoms with Crippen LogP contribution in [0.5, 0.6) is 0 Å². The van der Waals surface area contributed by atoms with E-state index in [0.717, 1.165) is 13.0 Å². The van der Waals surface area contributed by atoms with E-state index in [-0.39, 0.29) is 18.1 Å². The van der Waals surface area contributed by atoms with Crippen LogP contribution in [0, 0.1) is 0 Å². The van der Waals surface area contributed by atoms with Gasteiger partial charge >= 0.3 is 0 Å². The lowest BCUT2D eigenvalue weighted by Gasteiger charge is -2.25. The average Bonchev–Trinajstić information content (AvgIpc) is 2.86. The molecule has 6 heteroatoms. The van der Waals surface area contributed by atoms with Crippen LogP contribution in [-0.4, -0.2) is 68.1 Å². The molecule has 1 aromatic rings. The third-order valence-electron chi connectivity index (χ3n) is 4.21. The third-order valence-corrected chi connectivity index (χ3v) is 4.21. The third kappa shape index (κ3) is 3.64. The number of amides is 2. The van der Waals surface area contributed by atoms with Gasteiger partial charge in [-0.25, -0.2) is 0 Å². The molecule has 0 spiro atoms. The van der Waals surface area contributed by atoms with E-state index in [4.69, 9.17) is 10.5 Å². The molecular weight excluding hydrogens is 282 g/mol. The number of nitrogens with zero attached hydrogens (tertiary/aromatic N) is 2. The number of benzene rings is 1. The summed E-state index contributed by atoms with van der Waals surface area (Å²) in [6.07, 6.45) is 1.13. The lowest BCUT2D eigenvalue weighted by molar-refractivity contribution is 0.0760. The largest absolute Gasteiger partial charge is 0.380 e. The highest BCUT2D eigenvalue weighted by atomic mass is 16.5. The van der Waals surface area contributed by atoms with Crippen molar-refractivity contribution in [2.75, 3.05) is 34.3 Å². The summed E-state index contributed by atoms with van der Waals surface area (Å²) < 4.78 is 5.38. The second-order valence-corrected chi connectivity index (χ2v) is 5.82. The molecule has 0 aliphatic carbocycles. The molecule has 0 radical (unpaired) electrons. The minimum Gasteiger partial charge on any atom is -0.380 e. The summed E-state index contributed by atoms with van der Waals surface area (Å²) in [5.41, 5.74) is 6.07. The molecule has 2 N–H and O–H groups in total. The molecule has 0 saturated carbocycles. The first-order chi connectivity index (χ1) is 10.4. The van der Waals surface area contributed by atoms with Gasteiger partial charge in [0.2, 0.25) is 5.91 Å². The summed E-state index contributed by atoms with van der Waals surface area (Å²) in [6, 6.07) is 6.79. The predicted octanol–water partition coefficient (Wildman–Crippen LogP) is 0.577. The molecule has 0 bridgehead atoms. The van der Waals surface area contributed by atoms with Gasteiger partial charge in [0.25, 0.3) is 5.91 Å². The fraction of sp³-hybridized carbons (Fsp3) is 0.500. The maximum atomic E-state index is 12.5. The van der Waals surface area contributed by atoms with Crippen molar-refractivity contribution in [1.82, 2.24) is 9.80 Å². The summed E-state index contributed by atoms with van der Waals surface area (Å²) in [7, 11) is 5.52. The number of likely N-dealkylation sites (N-methyl/N-ethyl adjacent to an activating group) is 2. The normalized spacial score (nSPS) is 21.8. The quantitative estimate of drug-likeness (QED) is 0.863. The number of rotatable bonds is 5. The Morgan fingerprint density at radius 2 is 2.09 bits per heavy atom. The molecule has 2 atom stereocenters. The van der Waals surface area contributed by atoms with Gasteiger partial charge in [-0.1, -0.05) is 6.07 Å². The van der Waals surface area contributed by atoms with Crippen molar-refractivity contribution < 1.29 is 14.3 Å². The van der Waals surface area contributed by atoms with Crippen molar-refractivity contribution in [3.63, 3.8) is 0 Å². The molecule has 6 nitrogen and oxygen atoms in total. The fourth-order valence-corrected chi connectivity index (χ4v) is 2.84. The van der Waals surface area contributed by atoms with Crippen molar-refractivity contribution in [3.8, 4) is 0 Å². The van der Waals surface area contributed by atoms with E-state index < -0.39 is 5.91 Å². The van der Waals surface area contributed by atoms with Crippen LogP contribution in [0.25, 0.3) is 0 Å². The molecule has 0 unspecified atom stereocenters. The Morgan fingerprint density at radius 1 is 1.41 bits per heavy atom.